The van der Waals surface area contributed by atoms with Crippen molar-refractivity contribution >= 4 is 38.5 Å². The Balaban J connectivity index is 2.59. The predicted octanol–water partition coefficient (Wildman–Crippen LogP) is 3.32. The number of ether oxygens (including phenoxy) is 1. The van der Waals surface area contributed by atoms with Crippen LogP contribution in [-0.2, 0) is 25.8 Å². The molecule has 1 atom stereocenters. The largest absolute Gasteiger partial charge is 0.480 e. The van der Waals surface area contributed by atoms with E-state index in [1.165, 1.54) is 36.1 Å². The zero-order valence-electron chi connectivity index (χ0n) is 15.8. The number of hydrogen-bond donors (Lipinski definition) is 1. The molecule has 0 bridgehead atoms. The van der Waals surface area contributed by atoms with Crippen LogP contribution in [0.5, 0.6) is 0 Å². The number of rotatable bonds is 4. The van der Waals surface area contributed by atoms with E-state index in [1.807, 2.05) is 0 Å². The van der Waals surface area contributed by atoms with Crippen LogP contribution < -0.4 is 0 Å². The highest BCUT2D eigenvalue weighted by atomic mass is 32.2. The number of hydrogen-bond acceptors (Lipinski definition) is 5. The summed E-state index contributed by atoms with van der Waals surface area (Å²) in [7, 11) is -3.12. The number of carboxylic acids is 1. The van der Waals surface area contributed by atoms with Crippen LogP contribution in [0.4, 0.5) is 4.79 Å². The molecular formula is C18H22N2O6S. The second-order valence-electron chi connectivity index (χ2n) is 7.17. The summed E-state index contributed by atoms with van der Waals surface area (Å²) in [4.78, 5) is 35.1. The van der Waals surface area contributed by atoms with Crippen molar-refractivity contribution in [2.45, 2.75) is 44.7 Å². The molecule has 0 saturated heterocycles. The van der Waals surface area contributed by atoms with Gasteiger partial charge >= 0.3 is 12.1 Å². The number of fused-ring (bicyclic) bond motifs is 1. The van der Waals surface area contributed by atoms with Gasteiger partial charge in [0.05, 0.1) is 9.73 Å². The number of Topliss-reactive ketones (excluding diaryl/α,β-unsaturated/α-hetero) is 1. The number of ketones is 1. The van der Waals surface area contributed by atoms with Crippen molar-refractivity contribution in [2.75, 3.05) is 6.26 Å². The highest BCUT2D eigenvalue weighted by molar-refractivity contribution is 7.93. The molecule has 1 amide bonds. The van der Waals surface area contributed by atoms with E-state index in [1.54, 1.807) is 26.8 Å². The number of carbonyl (C=O) groups excluding carboxylic acids is 2. The maximum absolute atomic E-state index is 12.9. The summed E-state index contributed by atoms with van der Waals surface area (Å²) in [5.41, 5.74) is 0.0509. The number of aromatic nitrogens is 1. The Hall–Kier alpha value is -2.68. The van der Waals surface area contributed by atoms with Crippen molar-refractivity contribution in [3.8, 4) is 0 Å². The lowest BCUT2D eigenvalue weighted by Crippen LogP contribution is -2.22. The molecule has 0 radical (unpaired) electrons. The number of amides is 1. The second kappa shape index (κ2) is 7.15. The van der Waals surface area contributed by atoms with E-state index in [2.05, 4.69) is 4.36 Å². The minimum Gasteiger partial charge on any atom is -0.480 e. The van der Waals surface area contributed by atoms with Gasteiger partial charge in [0, 0.05) is 33.8 Å². The van der Waals surface area contributed by atoms with Crippen LogP contribution in [0.3, 0.4) is 0 Å². The first-order chi connectivity index (χ1) is 12.3. The number of nitrogens with zero attached hydrogens (tertiary/aromatic N) is 2. The van der Waals surface area contributed by atoms with Crippen molar-refractivity contribution in [1.82, 2.24) is 4.57 Å². The smallest absolute Gasteiger partial charge is 0.442 e. The zero-order chi connectivity index (χ0) is 20.6. The fourth-order valence-corrected chi connectivity index (χ4v) is 3.63. The second-order valence-corrected chi connectivity index (χ2v) is 9.43. The molecule has 1 aromatic heterocycles. The number of benzene rings is 1. The van der Waals surface area contributed by atoms with Crippen LogP contribution in [0.25, 0.3) is 10.9 Å². The van der Waals surface area contributed by atoms with Gasteiger partial charge in [0.2, 0.25) is 0 Å². The lowest BCUT2D eigenvalue weighted by atomic mass is 10.1. The SMILES string of the molecule is CC(=O)c1cn(CC(=O)O)c2ccc(S(C)(=O)=NC(=O)OC(C)(C)C)cc12. The van der Waals surface area contributed by atoms with Gasteiger partial charge in [-0.15, -0.1) is 4.36 Å². The molecule has 2 aromatic rings. The zero-order valence-corrected chi connectivity index (χ0v) is 16.6. The third kappa shape index (κ3) is 4.94. The van der Waals surface area contributed by atoms with Crippen LogP contribution in [0.15, 0.2) is 33.7 Å². The van der Waals surface area contributed by atoms with Gasteiger partial charge in [0.25, 0.3) is 0 Å². The Morgan fingerprint density at radius 1 is 1.26 bits per heavy atom. The van der Waals surface area contributed by atoms with E-state index in [0.29, 0.717) is 16.5 Å². The number of aliphatic carboxylic acids is 1. The van der Waals surface area contributed by atoms with E-state index in [0.717, 1.165) is 0 Å². The minimum absolute atomic E-state index is 0.247. The van der Waals surface area contributed by atoms with Crippen molar-refractivity contribution < 1.29 is 28.4 Å². The van der Waals surface area contributed by atoms with Crippen LogP contribution in [0.2, 0.25) is 0 Å². The first-order valence-electron chi connectivity index (χ1n) is 8.11. The molecule has 0 spiro atoms. The molecule has 9 heteroatoms. The maximum atomic E-state index is 12.9. The van der Waals surface area contributed by atoms with E-state index < -0.39 is 27.4 Å². The summed E-state index contributed by atoms with van der Waals surface area (Å²) in [6.07, 6.45) is 1.82. The third-order valence-corrected chi connectivity index (χ3v) is 5.24. The van der Waals surface area contributed by atoms with Crippen LogP contribution in [0, 0.1) is 0 Å². The Bertz CT molecular complexity index is 1050. The number of carbonyl (C=O) groups is 3. The van der Waals surface area contributed by atoms with Crippen molar-refractivity contribution in [3.05, 3.63) is 30.0 Å². The average Bonchev–Trinajstić information content (AvgIpc) is 2.82. The fourth-order valence-electron chi connectivity index (χ4n) is 2.54. The number of carboxylic acid groups (broad SMARTS) is 1. The fraction of sp³-hybridized carbons (Fsp3) is 0.389. The molecule has 0 aliphatic rings. The van der Waals surface area contributed by atoms with Crippen LogP contribution in [-0.4, -0.2) is 43.6 Å². The Morgan fingerprint density at radius 2 is 1.89 bits per heavy atom. The topological polar surface area (TPSA) is 115 Å². The normalized spacial score (nSPS) is 13.8. The molecule has 1 heterocycles. The highest BCUT2D eigenvalue weighted by Gasteiger charge is 2.20. The maximum Gasteiger partial charge on any atom is 0.442 e. The molecule has 1 aromatic carbocycles. The summed E-state index contributed by atoms with van der Waals surface area (Å²) in [6.45, 7) is 6.07. The molecule has 1 unspecified atom stereocenters. The molecule has 0 aliphatic carbocycles. The molecule has 8 nitrogen and oxygen atoms in total. The monoisotopic (exact) mass is 394 g/mol. The average molecular weight is 394 g/mol. The summed E-state index contributed by atoms with van der Waals surface area (Å²) in [6, 6.07) is 4.56. The summed E-state index contributed by atoms with van der Waals surface area (Å²) in [5, 5.41) is 9.49. The Kier molecular flexibility index (Phi) is 5.46. The summed E-state index contributed by atoms with van der Waals surface area (Å²) < 4.78 is 23.1. The first kappa shape index (κ1) is 20.6. The summed E-state index contributed by atoms with van der Waals surface area (Å²) in [5.74, 6) is -1.31. The quantitative estimate of drug-likeness (QED) is 0.796. The first-order valence-corrected chi connectivity index (χ1v) is 10.0. The van der Waals surface area contributed by atoms with Gasteiger partial charge in [-0.2, -0.15) is 0 Å². The minimum atomic E-state index is -3.12. The van der Waals surface area contributed by atoms with Gasteiger partial charge < -0.3 is 14.4 Å². The molecule has 27 heavy (non-hydrogen) atoms. The van der Waals surface area contributed by atoms with E-state index >= 15 is 0 Å². The van der Waals surface area contributed by atoms with Gasteiger partial charge in [-0.05, 0) is 45.9 Å². The van der Waals surface area contributed by atoms with Crippen LogP contribution in [0.1, 0.15) is 38.1 Å². The molecule has 0 aliphatic heterocycles. The predicted molar refractivity (Wildman–Crippen MR) is 101 cm³/mol. The van der Waals surface area contributed by atoms with Gasteiger partial charge in [0.1, 0.15) is 12.1 Å². The lowest BCUT2D eigenvalue weighted by molar-refractivity contribution is -0.137. The molecule has 146 valence electrons. The highest BCUT2D eigenvalue weighted by Crippen LogP contribution is 2.26. The lowest BCUT2D eigenvalue weighted by Gasteiger charge is -2.17. The van der Waals surface area contributed by atoms with Crippen LogP contribution >= 0.6 is 0 Å². The van der Waals surface area contributed by atoms with Gasteiger partial charge in [-0.3, -0.25) is 9.59 Å². The Labute approximate surface area is 157 Å². The third-order valence-electron chi connectivity index (χ3n) is 3.62. The van der Waals surface area contributed by atoms with E-state index in [-0.39, 0.29) is 17.2 Å². The molecular weight excluding hydrogens is 372 g/mol. The summed E-state index contributed by atoms with van der Waals surface area (Å²) >= 11 is 0. The van der Waals surface area contributed by atoms with Crippen molar-refractivity contribution in [2.24, 2.45) is 4.36 Å². The molecule has 0 saturated carbocycles. The molecule has 0 fully saturated rings. The van der Waals surface area contributed by atoms with E-state index in [4.69, 9.17) is 9.84 Å². The molecule has 1 N–H and O–H groups in total. The van der Waals surface area contributed by atoms with Gasteiger partial charge in [-0.1, -0.05) is 0 Å². The Morgan fingerprint density at radius 3 is 2.41 bits per heavy atom. The molecule has 2 rings (SSSR count). The van der Waals surface area contributed by atoms with Crippen molar-refractivity contribution in [3.63, 3.8) is 0 Å². The van der Waals surface area contributed by atoms with Gasteiger partial charge in [-0.25, -0.2) is 9.00 Å². The standard InChI is InChI=1S/C18H22N2O6S/c1-11(21)14-9-20(10-16(22)23)15-7-6-12(8-13(14)15)27(5,25)19-17(24)26-18(2,3)4/h6-9H,10H2,1-5H3,(H,22,23). The van der Waals surface area contributed by atoms with Crippen molar-refractivity contribution in [1.29, 1.82) is 0 Å². The van der Waals surface area contributed by atoms with E-state index in [9.17, 15) is 18.6 Å². The van der Waals surface area contributed by atoms with Gasteiger partial charge in [0.15, 0.2) is 5.78 Å².